The summed E-state index contributed by atoms with van der Waals surface area (Å²) in [5.41, 5.74) is 0. The largest absolute Gasteiger partial charge is 0.210 e. The number of hydrogen-bond donors (Lipinski definition) is 0. The molecule has 0 saturated heterocycles. The molecule has 8 heavy (non-hydrogen) atoms. The van der Waals surface area contributed by atoms with Gasteiger partial charge in [0, 0.05) is 0 Å². The van der Waals surface area contributed by atoms with Crippen molar-refractivity contribution in [2.24, 2.45) is 0 Å². The second kappa shape index (κ2) is 2.05. The number of halogens is 2. The molecule has 1 radical (unpaired) electrons. The summed E-state index contributed by atoms with van der Waals surface area (Å²) in [5, 5.41) is 9.15. The van der Waals surface area contributed by atoms with Gasteiger partial charge in [0.05, 0.1) is 5.38 Å². The fraction of sp³-hybridized carbons (Fsp3) is 1.00. The maximum absolute atomic E-state index is 10.9. The SMILES string of the molecule is [O]C1(Cl)CCCC1Cl. The Bertz CT molecular complexity index is 92.4. The van der Waals surface area contributed by atoms with Crippen LogP contribution in [-0.2, 0) is 5.11 Å². The molecular weight excluding hydrogens is 147 g/mol. The van der Waals surface area contributed by atoms with E-state index in [1.165, 1.54) is 0 Å². The molecule has 1 fully saturated rings. The van der Waals surface area contributed by atoms with E-state index in [0.29, 0.717) is 6.42 Å². The van der Waals surface area contributed by atoms with E-state index < -0.39 is 5.06 Å². The second-order valence-corrected chi connectivity index (χ2v) is 3.31. The van der Waals surface area contributed by atoms with Crippen LogP contribution >= 0.6 is 23.2 Å². The van der Waals surface area contributed by atoms with Crippen LogP contribution in [0.25, 0.3) is 0 Å². The number of rotatable bonds is 0. The van der Waals surface area contributed by atoms with Crippen molar-refractivity contribution in [3.63, 3.8) is 0 Å². The van der Waals surface area contributed by atoms with Gasteiger partial charge in [0.15, 0.2) is 5.06 Å². The van der Waals surface area contributed by atoms with Gasteiger partial charge in [0.2, 0.25) is 0 Å². The van der Waals surface area contributed by atoms with Gasteiger partial charge in [0.25, 0.3) is 0 Å². The standard InChI is InChI=1S/C5H7Cl2O/c6-4-2-1-3-5(4,7)8/h4H,1-3H2. The minimum Gasteiger partial charge on any atom is -0.210 e. The third kappa shape index (κ3) is 1.09. The van der Waals surface area contributed by atoms with Crippen molar-refractivity contribution in [1.82, 2.24) is 0 Å². The van der Waals surface area contributed by atoms with Gasteiger partial charge >= 0.3 is 0 Å². The molecule has 1 aliphatic rings. The van der Waals surface area contributed by atoms with Gasteiger partial charge < -0.3 is 0 Å². The maximum atomic E-state index is 10.9. The average molecular weight is 154 g/mol. The van der Waals surface area contributed by atoms with E-state index in [0.717, 1.165) is 12.8 Å². The van der Waals surface area contributed by atoms with E-state index in [9.17, 15) is 5.11 Å². The Hall–Kier alpha value is 0.540. The molecule has 47 valence electrons. The molecule has 0 heterocycles. The zero-order chi connectivity index (χ0) is 6.20. The zero-order valence-corrected chi connectivity index (χ0v) is 5.87. The molecule has 1 aliphatic carbocycles. The monoisotopic (exact) mass is 153 g/mol. The summed E-state index contributed by atoms with van der Waals surface area (Å²) in [6.45, 7) is 0. The first-order chi connectivity index (χ1) is 3.63. The van der Waals surface area contributed by atoms with Gasteiger partial charge in [-0.3, -0.25) is 0 Å². The molecule has 3 heteroatoms. The van der Waals surface area contributed by atoms with Gasteiger partial charge in [-0.05, 0) is 19.3 Å². The van der Waals surface area contributed by atoms with Gasteiger partial charge in [-0.25, -0.2) is 5.11 Å². The van der Waals surface area contributed by atoms with Crippen molar-refractivity contribution in [3.05, 3.63) is 0 Å². The Morgan fingerprint density at radius 2 is 2.25 bits per heavy atom. The maximum Gasteiger partial charge on any atom is 0.192 e. The normalized spacial score (nSPS) is 47.6. The van der Waals surface area contributed by atoms with Crippen LogP contribution in [-0.4, -0.2) is 10.4 Å². The van der Waals surface area contributed by atoms with Gasteiger partial charge in [0.1, 0.15) is 0 Å². The summed E-state index contributed by atoms with van der Waals surface area (Å²) in [6, 6.07) is 0. The van der Waals surface area contributed by atoms with Gasteiger partial charge in [-0.2, -0.15) is 0 Å². The van der Waals surface area contributed by atoms with Crippen molar-refractivity contribution in [1.29, 1.82) is 0 Å². The molecule has 1 nitrogen and oxygen atoms in total. The lowest BCUT2D eigenvalue weighted by Crippen LogP contribution is -2.23. The predicted molar refractivity (Wildman–Crippen MR) is 32.8 cm³/mol. The lowest BCUT2D eigenvalue weighted by atomic mass is 10.3. The fourth-order valence-corrected chi connectivity index (χ4v) is 1.40. The number of alkyl halides is 2. The third-order valence-electron chi connectivity index (χ3n) is 1.44. The van der Waals surface area contributed by atoms with Crippen molar-refractivity contribution in [2.45, 2.75) is 29.7 Å². The minimum absolute atomic E-state index is 0.357. The van der Waals surface area contributed by atoms with Crippen LogP contribution in [0, 0.1) is 0 Å². The van der Waals surface area contributed by atoms with Crippen molar-refractivity contribution in [3.8, 4) is 0 Å². The molecule has 0 amide bonds. The van der Waals surface area contributed by atoms with Crippen LogP contribution in [0.1, 0.15) is 19.3 Å². The van der Waals surface area contributed by atoms with Crippen molar-refractivity contribution in [2.75, 3.05) is 0 Å². The highest BCUT2D eigenvalue weighted by Gasteiger charge is 2.39. The van der Waals surface area contributed by atoms with Crippen LogP contribution < -0.4 is 0 Å². The molecule has 0 bridgehead atoms. The Labute approximate surface area is 58.6 Å². The van der Waals surface area contributed by atoms with Crippen molar-refractivity contribution < 1.29 is 5.11 Å². The Kier molecular flexibility index (Phi) is 1.71. The van der Waals surface area contributed by atoms with Crippen LogP contribution in [0.2, 0.25) is 0 Å². The first kappa shape index (κ1) is 6.66. The van der Waals surface area contributed by atoms with Gasteiger partial charge in [-0.1, -0.05) is 11.6 Å². The molecule has 1 saturated carbocycles. The highest BCUT2D eigenvalue weighted by molar-refractivity contribution is 6.31. The van der Waals surface area contributed by atoms with E-state index >= 15 is 0 Å². The third-order valence-corrected chi connectivity index (χ3v) is 2.58. The van der Waals surface area contributed by atoms with E-state index in [1.807, 2.05) is 0 Å². The molecule has 2 unspecified atom stereocenters. The Balaban J connectivity index is 2.54. The minimum atomic E-state index is -1.36. The van der Waals surface area contributed by atoms with Crippen LogP contribution in [0.5, 0.6) is 0 Å². The molecule has 0 aliphatic heterocycles. The van der Waals surface area contributed by atoms with E-state index in [-0.39, 0.29) is 5.38 Å². The summed E-state index contributed by atoms with van der Waals surface area (Å²) in [7, 11) is 0. The quantitative estimate of drug-likeness (QED) is 0.476. The Morgan fingerprint density at radius 3 is 2.38 bits per heavy atom. The van der Waals surface area contributed by atoms with E-state index in [2.05, 4.69) is 0 Å². The summed E-state index contributed by atoms with van der Waals surface area (Å²) >= 11 is 11.0. The van der Waals surface area contributed by atoms with Crippen LogP contribution in [0.15, 0.2) is 0 Å². The molecule has 0 N–H and O–H groups in total. The summed E-state index contributed by atoms with van der Waals surface area (Å²) < 4.78 is 0. The van der Waals surface area contributed by atoms with Crippen LogP contribution in [0.4, 0.5) is 0 Å². The fourth-order valence-electron chi connectivity index (χ4n) is 0.894. The predicted octanol–water partition coefficient (Wildman–Crippen LogP) is 2.14. The van der Waals surface area contributed by atoms with E-state index in [4.69, 9.17) is 23.2 Å². The summed E-state index contributed by atoms with van der Waals surface area (Å²) in [4.78, 5) is 0. The first-order valence-electron chi connectivity index (χ1n) is 2.66. The lowest BCUT2D eigenvalue weighted by Gasteiger charge is -2.12. The smallest absolute Gasteiger partial charge is 0.192 e. The molecule has 2 atom stereocenters. The molecule has 0 aromatic carbocycles. The molecule has 0 aromatic rings. The number of hydrogen-bond acceptors (Lipinski definition) is 0. The Morgan fingerprint density at radius 1 is 1.62 bits per heavy atom. The highest BCUT2D eigenvalue weighted by atomic mass is 35.5. The van der Waals surface area contributed by atoms with E-state index in [1.54, 1.807) is 0 Å². The average Bonchev–Trinajstić information content (AvgIpc) is 1.86. The zero-order valence-electron chi connectivity index (χ0n) is 4.36. The van der Waals surface area contributed by atoms with Crippen LogP contribution in [0.3, 0.4) is 0 Å². The molecule has 0 spiro atoms. The van der Waals surface area contributed by atoms with Crippen molar-refractivity contribution >= 4 is 23.2 Å². The summed E-state index contributed by atoms with van der Waals surface area (Å²) in [6.07, 6.45) is 2.17. The topological polar surface area (TPSA) is 19.9 Å². The molecule has 1 rings (SSSR count). The molecule has 0 aromatic heterocycles. The summed E-state index contributed by atoms with van der Waals surface area (Å²) in [5.74, 6) is 0. The first-order valence-corrected chi connectivity index (χ1v) is 3.48. The second-order valence-electron chi connectivity index (χ2n) is 2.15. The van der Waals surface area contributed by atoms with Gasteiger partial charge in [-0.15, -0.1) is 11.6 Å². The lowest BCUT2D eigenvalue weighted by molar-refractivity contribution is 0.0570. The highest BCUT2D eigenvalue weighted by Crippen LogP contribution is 2.37. The molecular formula is C5H7Cl2O.